The van der Waals surface area contributed by atoms with Crippen LogP contribution in [0.2, 0.25) is 0 Å². The Balaban J connectivity index is 0. The van der Waals surface area contributed by atoms with Gasteiger partial charge in [-0.25, -0.2) is 0 Å². The van der Waals surface area contributed by atoms with E-state index in [9.17, 15) is 0 Å². The molecule has 52 valence electrons. The number of benzene rings is 1. The predicted octanol–water partition coefficient (Wildman–Crippen LogP) is 1.18. The maximum absolute atomic E-state index is 2.08. The molecule has 1 aromatic carbocycles. The summed E-state index contributed by atoms with van der Waals surface area (Å²) in [6.45, 7) is 2.08. The molecule has 0 bridgehead atoms. The van der Waals surface area contributed by atoms with Crippen LogP contribution in [0.15, 0.2) is 30.3 Å². The van der Waals surface area contributed by atoms with Gasteiger partial charge in [0.25, 0.3) is 0 Å². The second-order valence-corrected chi connectivity index (χ2v) is 1.65. The van der Waals surface area contributed by atoms with E-state index in [1.54, 1.807) is 0 Å². The summed E-state index contributed by atoms with van der Waals surface area (Å²) in [4.78, 5) is 0. The zero-order chi connectivity index (χ0) is 5.11. The van der Waals surface area contributed by atoms with E-state index in [0.29, 0.717) is 0 Å². The van der Waals surface area contributed by atoms with E-state index < -0.39 is 0 Å². The molecule has 0 aliphatic rings. The van der Waals surface area contributed by atoms with Gasteiger partial charge in [0.2, 0.25) is 0 Å². The fourth-order valence-electron chi connectivity index (χ4n) is 0.534. The minimum atomic E-state index is 0. The van der Waals surface area contributed by atoms with E-state index in [4.69, 9.17) is 0 Å². The van der Waals surface area contributed by atoms with Crippen molar-refractivity contribution < 1.29 is 0 Å². The van der Waals surface area contributed by atoms with Crippen molar-refractivity contribution in [3.8, 4) is 0 Å². The molecule has 9 heavy (non-hydrogen) atoms. The Kier molecular flexibility index (Phi) is 7.56. The van der Waals surface area contributed by atoms with E-state index in [1.165, 1.54) is 5.56 Å². The normalized spacial score (nSPS) is 6.78. The zero-order valence-corrected chi connectivity index (χ0v) is 4.39. The number of hydrogen-bond donors (Lipinski definition) is 0. The molecule has 0 N–H and O–H groups in total. The summed E-state index contributed by atoms with van der Waals surface area (Å²) in [5, 5.41) is 0. The van der Waals surface area contributed by atoms with Crippen LogP contribution in [-0.4, -0.2) is 17.6 Å². The van der Waals surface area contributed by atoms with Crippen LogP contribution in [0.4, 0.5) is 0 Å². The van der Waals surface area contributed by atoms with Crippen molar-refractivity contribution in [3.05, 3.63) is 35.9 Å². The molecule has 0 spiro atoms. The van der Waals surface area contributed by atoms with Crippen molar-refractivity contribution >= 4 is 17.6 Å². The first-order chi connectivity index (χ1) is 3.39. The van der Waals surface area contributed by atoms with Crippen molar-refractivity contribution in [1.82, 2.24) is 0 Å². The summed E-state index contributed by atoms with van der Waals surface area (Å²) in [7, 11) is 0. The summed E-state index contributed by atoms with van der Waals surface area (Å²) in [6.07, 6.45) is 0. The molecule has 0 nitrogen and oxygen atoms in total. The van der Waals surface area contributed by atoms with Crippen LogP contribution in [0.25, 0.3) is 0 Å². The molecule has 0 unspecified atom stereocenters. The second kappa shape index (κ2) is 5.89. The molecule has 0 heterocycles. The Bertz CT molecular complexity index is 134. The minimum absolute atomic E-state index is 0. The van der Waals surface area contributed by atoms with Gasteiger partial charge in [-0.3, -0.25) is 0 Å². The average Bonchev–Trinajstić information content (AvgIpc) is 1.69. The molecule has 0 aliphatic carbocycles. The molecule has 0 atom stereocenters. The number of rotatable bonds is 0. The standard InChI is InChI=1S/C7H8.CH4.GeH4/c1-7-5-3-2-4-6-7;;/h2-6H,1H3;2*1H4. The van der Waals surface area contributed by atoms with E-state index >= 15 is 0 Å². The van der Waals surface area contributed by atoms with E-state index in [-0.39, 0.29) is 25.0 Å². The van der Waals surface area contributed by atoms with Gasteiger partial charge in [-0.1, -0.05) is 43.3 Å². The summed E-state index contributed by atoms with van der Waals surface area (Å²) in [6, 6.07) is 10.3. The van der Waals surface area contributed by atoms with Crippen molar-refractivity contribution in [2.45, 2.75) is 14.4 Å². The van der Waals surface area contributed by atoms with Crippen LogP contribution < -0.4 is 0 Å². The molecule has 0 radical (unpaired) electrons. The van der Waals surface area contributed by atoms with Crippen LogP contribution in [-0.2, 0) is 0 Å². The Hall–Kier alpha value is -0.237. The fourth-order valence-corrected chi connectivity index (χ4v) is 0.534. The van der Waals surface area contributed by atoms with Gasteiger partial charge in [0.1, 0.15) is 0 Å². The maximum atomic E-state index is 2.08. The Morgan fingerprint density at radius 3 is 1.67 bits per heavy atom. The molecule has 1 rings (SSSR count). The van der Waals surface area contributed by atoms with Gasteiger partial charge in [-0.2, -0.15) is 0 Å². The van der Waals surface area contributed by atoms with Crippen molar-refractivity contribution in [3.63, 3.8) is 0 Å². The van der Waals surface area contributed by atoms with Gasteiger partial charge in [0.05, 0.1) is 0 Å². The molecule has 0 aromatic heterocycles. The summed E-state index contributed by atoms with van der Waals surface area (Å²) in [5.41, 5.74) is 1.32. The molecule has 0 amide bonds. The topological polar surface area (TPSA) is 0 Å². The monoisotopic (exact) mass is 186 g/mol. The number of aryl methyl sites for hydroxylation is 1. The molecule has 0 saturated heterocycles. The third kappa shape index (κ3) is 4.28. The van der Waals surface area contributed by atoms with E-state index in [0.717, 1.165) is 0 Å². The Morgan fingerprint density at radius 2 is 1.44 bits per heavy atom. The van der Waals surface area contributed by atoms with Gasteiger partial charge in [0, 0.05) is 0 Å². The zero-order valence-electron chi connectivity index (χ0n) is 4.39. The molecule has 0 saturated carbocycles. The van der Waals surface area contributed by atoms with Gasteiger partial charge in [-0.05, 0) is 6.92 Å². The van der Waals surface area contributed by atoms with Gasteiger partial charge in [0.15, 0.2) is 0 Å². The van der Waals surface area contributed by atoms with E-state index in [1.807, 2.05) is 18.2 Å². The molecule has 1 heteroatoms. The quantitative estimate of drug-likeness (QED) is 0.532. The van der Waals surface area contributed by atoms with Crippen molar-refractivity contribution in [1.29, 1.82) is 0 Å². The van der Waals surface area contributed by atoms with Crippen LogP contribution >= 0.6 is 0 Å². The van der Waals surface area contributed by atoms with Gasteiger partial charge < -0.3 is 0 Å². The third-order valence-electron chi connectivity index (χ3n) is 0.940. The van der Waals surface area contributed by atoms with Crippen molar-refractivity contribution in [2.24, 2.45) is 0 Å². The van der Waals surface area contributed by atoms with E-state index in [2.05, 4.69) is 19.1 Å². The fraction of sp³-hybridized carbons (Fsp3) is 0.250. The molecule has 0 aliphatic heterocycles. The first-order valence-electron chi connectivity index (χ1n) is 2.41. The molecular formula is C8H16Ge. The summed E-state index contributed by atoms with van der Waals surface area (Å²) in [5.74, 6) is 0. The van der Waals surface area contributed by atoms with Gasteiger partial charge in [-0.15, -0.1) is 0 Å². The SMILES string of the molecule is C.Cc1ccccc1.[GeH4]. The molecular weight excluding hydrogens is 169 g/mol. The van der Waals surface area contributed by atoms with Gasteiger partial charge >= 0.3 is 17.6 Å². The predicted molar refractivity (Wildman–Crippen MR) is 49.2 cm³/mol. The summed E-state index contributed by atoms with van der Waals surface area (Å²) >= 11 is 0. The second-order valence-electron chi connectivity index (χ2n) is 1.65. The first kappa shape index (κ1) is 11.5. The van der Waals surface area contributed by atoms with Crippen molar-refractivity contribution in [2.75, 3.05) is 0 Å². The third-order valence-corrected chi connectivity index (χ3v) is 0.940. The number of hydrogen-bond acceptors (Lipinski definition) is 0. The van der Waals surface area contributed by atoms with Crippen LogP contribution in [0.1, 0.15) is 13.0 Å². The Morgan fingerprint density at radius 1 is 1.00 bits per heavy atom. The molecule has 0 fully saturated rings. The summed E-state index contributed by atoms with van der Waals surface area (Å²) < 4.78 is 0. The van der Waals surface area contributed by atoms with Crippen LogP contribution in [0.3, 0.4) is 0 Å². The first-order valence-corrected chi connectivity index (χ1v) is 2.41. The average molecular weight is 185 g/mol. The Labute approximate surface area is 68.3 Å². The van der Waals surface area contributed by atoms with Crippen LogP contribution in [0, 0.1) is 6.92 Å². The van der Waals surface area contributed by atoms with Crippen LogP contribution in [0.5, 0.6) is 0 Å². The molecule has 1 aromatic rings.